The molecule has 0 bridgehead atoms. The Hall–Kier alpha value is -10.5. The highest BCUT2D eigenvalue weighted by molar-refractivity contribution is 6.00. The van der Waals surface area contributed by atoms with Crippen LogP contribution in [0.5, 0.6) is 11.5 Å². The van der Waals surface area contributed by atoms with Gasteiger partial charge in [0.1, 0.15) is 23.4 Å². The van der Waals surface area contributed by atoms with E-state index in [1.807, 2.05) is 11.4 Å². The first-order chi connectivity index (χ1) is 35.7. The van der Waals surface area contributed by atoms with Gasteiger partial charge in [-0.25, -0.2) is 9.97 Å². The fourth-order valence-corrected chi connectivity index (χ4v) is 6.95. The van der Waals surface area contributed by atoms with Crippen molar-refractivity contribution in [1.82, 2.24) is 57.8 Å². The maximum absolute atomic E-state index is 14.6. The molecule has 394 valence electrons. The maximum Gasteiger partial charge on any atom is 0.271 e. The number of fused-ring (bicyclic) bond motifs is 1. The molecule has 6 amide bonds. The summed E-state index contributed by atoms with van der Waals surface area (Å²) < 4.78 is 11.1. The van der Waals surface area contributed by atoms with Crippen molar-refractivity contribution < 1.29 is 43.3 Å². The minimum atomic E-state index is -2.14. The minimum absolute atomic E-state index is 0.102. The molecule has 5 aromatic rings. The van der Waals surface area contributed by atoms with Crippen LogP contribution in [0.25, 0.3) is 22.3 Å². The standard InChI is InChI=1S/C45H55N21O9/c1-74-24-18-17-23(27(19-24)75-2)20-66(35-25-15-9-10-16-26(25)55-30(57-35)22-13-7-4-8-14-22)41(73)40(72)56-28(21-11-5-3-6-12-21)36(68)59-32(63-43(49)50)38(70)61-34(65-45(53)54)39(71)60-33(64-44(51)52)37(69)58-31(29(46)67)62-42(47)48/h3-19,28,31-34,41,73H,20H2,1-2H3,(H2,46,67)(H,56,72)(H,58,69)(H,59,68)(H,60,71)(H,61,70)(H4,47,48,62)(H4,49,50,63)(H4,51,52,64)(H4,53,54,65). The number of aromatic nitrogens is 2. The second-order valence-corrected chi connectivity index (χ2v) is 15.7. The number of amides is 6. The number of nitrogens with two attached hydrogens (primary N) is 5. The van der Waals surface area contributed by atoms with Crippen LogP contribution in [0.3, 0.4) is 0 Å². The molecule has 75 heavy (non-hydrogen) atoms. The van der Waals surface area contributed by atoms with Crippen LogP contribution >= 0.6 is 0 Å². The van der Waals surface area contributed by atoms with Crippen molar-refractivity contribution in [2.45, 2.75) is 43.5 Å². The summed E-state index contributed by atoms with van der Waals surface area (Å²) in [6.45, 7) is -0.228. The van der Waals surface area contributed by atoms with Crippen molar-refractivity contribution in [1.29, 1.82) is 21.6 Å². The first kappa shape index (κ1) is 55.4. The fourth-order valence-electron chi connectivity index (χ4n) is 6.95. The van der Waals surface area contributed by atoms with Gasteiger partial charge in [0.15, 0.2) is 54.3 Å². The zero-order valence-electron chi connectivity index (χ0n) is 39.9. The van der Waals surface area contributed by atoms with Crippen LogP contribution in [0, 0.1) is 21.6 Å². The molecule has 24 N–H and O–H groups in total. The van der Waals surface area contributed by atoms with E-state index in [9.17, 15) is 33.9 Å². The molecule has 0 aliphatic carbocycles. The summed E-state index contributed by atoms with van der Waals surface area (Å²) in [6.07, 6.45) is -10.1. The summed E-state index contributed by atoms with van der Waals surface area (Å²) in [5, 5.41) is 63.0. The smallest absolute Gasteiger partial charge is 0.271 e. The lowest BCUT2D eigenvalue weighted by atomic mass is 10.1. The Morgan fingerprint density at radius 1 is 0.560 bits per heavy atom. The van der Waals surface area contributed by atoms with E-state index in [2.05, 4.69) is 42.5 Å². The van der Waals surface area contributed by atoms with Gasteiger partial charge in [-0.1, -0.05) is 72.8 Å². The second kappa shape index (κ2) is 25.6. The Kier molecular flexibility index (Phi) is 18.9. The Morgan fingerprint density at radius 2 is 1.04 bits per heavy atom. The number of para-hydroxylation sites is 1. The molecule has 0 spiro atoms. The van der Waals surface area contributed by atoms with E-state index in [1.165, 1.54) is 43.4 Å². The van der Waals surface area contributed by atoms with Crippen molar-refractivity contribution in [3.63, 3.8) is 0 Å². The molecule has 0 radical (unpaired) electrons. The van der Waals surface area contributed by atoms with Crippen LogP contribution in [0.4, 0.5) is 5.82 Å². The molecule has 0 aliphatic heterocycles. The van der Waals surface area contributed by atoms with E-state index in [4.69, 9.17) is 69.7 Å². The lowest BCUT2D eigenvalue weighted by Crippen LogP contribution is -2.68. The summed E-state index contributed by atoms with van der Waals surface area (Å²) >= 11 is 0. The molecule has 30 heteroatoms. The normalized spacial score (nSPS) is 13.0. The van der Waals surface area contributed by atoms with Gasteiger partial charge in [0.2, 0.25) is 12.1 Å². The van der Waals surface area contributed by atoms with Crippen LogP contribution in [-0.4, -0.2) is 119 Å². The van der Waals surface area contributed by atoms with Gasteiger partial charge in [0.05, 0.1) is 26.3 Å². The van der Waals surface area contributed by atoms with Gasteiger partial charge < -0.3 is 96.0 Å². The third-order valence-corrected chi connectivity index (χ3v) is 10.4. The molecule has 6 atom stereocenters. The molecule has 0 aliphatic rings. The molecule has 1 heterocycles. The number of nitrogens with zero attached hydrogens (tertiary/aromatic N) is 3. The Morgan fingerprint density at radius 3 is 1.55 bits per heavy atom. The van der Waals surface area contributed by atoms with Crippen molar-refractivity contribution in [2.24, 2.45) is 28.7 Å². The minimum Gasteiger partial charge on any atom is -0.497 e. The molecule has 30 nitrogen and oxygen atoms in total. The van der Waals surface area contributed by atoms with Crippen molar-refractivity contribution in [2.75, 3.05) is 19.1 Å². The molecule has 6 unspecified atom stereocenters. The average molecular weight is 1030 g/mol. The van der Waals surface area contributed by atoms with E-state index in [1.54, 1.807) is 72.8 Å². The summed E-state index contributed by atoms with van der Waals surface area (Å²) in [6, 6.07) is 26.7. The lowest BCUT2D eigenvalue weighted by Gasteiger charge is -2.31. The van der Waals surface area contributed by atoms with Gasteiger partial charge in [-0.15, -0.1) is 0 Å². The van der Waals surface area contributed by atoms with Gasteiger partial charge in [0.25, 0.3) is 29.5 Å². The van der Waals surface area contributed by atoms with Crippen LogP contribution in [0.15, 0.2) is 103 Å². The topological polar surface area (TPSA) is 504 Å². The summed E-state index contributed by atoms with van der Waals surface area (Å²) in [5.41, 5.74) is 28.7. The molecule has 4 aromatic carbocycles. The Bertz CT molecular complexity index is 2950. The van der Waals surface area contributed by atoms with Crippen LogP contribution in [0.2, 0.25) is 0 Å². The number of rotatable bonds is 23. The highest BCUT2D eigenvalue weighted by Gasteiger charge is 2.36. The summed E-state index contributed by atoms with van der Waals surface area (Å²) in [5.74, 6) is -9.92. The monoisotopic (exact) mass is 1030 g/mol. The highest BCUT2D eigenvalue weighted by atomic mass is 16.5. The lowest BCUT2D eigenvalue weighted by molar-refractivity contribution is -0.136. The van der Waals surface area contributed by atoms with Gasteiger partial charge in [-0.3, -0.25) is 50.4 Å². The van der Waals surface area contributed by atoms with Gasteiger partial charge >= 0.3 is 0 Å². The predicted octanol–water partition coefficient (Wildman–Crippen LogP) is -4.32. The third kappa shape index (κ3) is 15.2. The Balaban J connectivity index is 1.48. The van der Waals surface area contributed by atoms with Gasteiger partial charge in [-0.2, -0.15) is 0 Å². The van der Waals surface area contributed by atoms with E-state index in [0.717, 1.165) is 0 Å². The summed E-state index contributed by atoms with van der Waals surface area (Å²) in [4.78, 5) is 92.7. The number of carbonyl (C=O) groups is 6. The number of carbonyl (C=O) groups excluding carboxylic acids is 6. The van der Waals surface area contributed by atoms with Gasteiger partial charge in [-0.05, 0) is 29.8 Å². The molecule has 0 saturated carbocycles. The van der Waals surface area contributed by atoms with Crippen LogP contribution in [-0.2, 0) is 35.3 Å². The summed E-state index contributed by atoms with van der Waals surface area (Å²) in [7, 11) is 2.90. The highest BCUT2D eigenvalue weighted by Crippen LogP contribution is 2.33. The van der Waals surface area contributed by atoms with Crippen LogP contribution in [0.1, 0.15) is 17.2 Å². The number of methoxy groups -OCH3 is 2. The molecule has 0 fully saturated rings. The molecule has 5 rings (SSSR count). The van der Waals surface area contributed by atoms with E-state index in [-0.39, 0.29) is 23.8 Å². The van der Waals surface area contributed by atoms with E-state index in [0.29, 0.717) is 33.5 Å². The van der Waals surface area contributed by atoms with E-state index >= 15 is 0 Å². The zero-order chi connectivity index (χ0) is 54.9. The SMILES string of the molecule is COc1ccc(CN(c2nc(-c3ccccc3)nc3ccccc23)C(O)C(=O)NC(C(=O)NC(NC(=N)N)C(=O)NC(NC(=N)N)C(=O)NC(NC(=N)N)C(=O)NC(NC(=N)N)C(N)=O)c2ccccc2)c(OC)c1. The predicted molar refractivity (Wildman–Crippen MR) is 271 cm³/mol. The fraction of sp³-hybridized carbons (Fsp3) is 0.200. The molecular weight excluding hydrogens is 979 g/mol. The number of hydrogen-bond acceptors (Lipinski definition) is 16. The molecular formula is C45H55N21O9. The van der Waals surface area contributed by atoms with Crippen molar-refractivity contribution in [3.05, 3.63) is 114 Å². The second-order valence-electron chi connectivity index (χ2n) is 15.7. The first-order valence-corrected chi connectivity index (χ1v) is 22.0. The first-order valence-electron chi connectivity index (χ1n) is 22.0. The number of benzene rings is 4. The largest absolute Gasteiger partial charge is 0.497 e. The number of anilines is 1. The number of nitrogens with one attached hydrogen (secondary N) is 13. The zero-order valence-corrected chi connectivity index (χ0v) is 39.9. The number of aliphatic hydroxyl groups is 1. The van der Waals surface area contributed by atoms with Crippen molar-refractivity contribution in [3.8, 4) is 22.9 Å². The number of primary amides is 1. The quantitative estimate of drug-likeness (QED) is 0.0167. The number of guanidine groups is 4. The average Bonchev–Trinajstić information content (AvgIpc) is 3.37. The third-order valence-electron chi connectivity index (χ3n) is 10.4. The van der Waals surface area contributed by atoms with E-state index < -0.39 is 96.2 Å². The van der Waals surface area contributed by atoms with Crippen LogP contribution < -0.4 is 90.9 Å². The van der Waals surface area contributed by atoms with Crippen molar-refractivity contribution >= 4 is 76.0 Å². The maximum atomic E-state index is 14.6. The number of aliphatic hydroxyl groups excluding tert-OH is 1. The molecule has 0 saturated heterocycles. The molecule has 1 aromatic heterocycles. The van der Waals surface area contributed by atoms with Gasteiger partial charge in [0, 0.05) is 22.6 Å². The Labute approximate surface area is 426 Å². The number of ether oxygens (including phenoxy) is 2. The number of hydrogen-bond donors (Lipinski definition) is 19.